The number of rotatable bonds is 5. The van der Waals surface area contributed by atoms with Crippen LogP contribution in [0.3, 0.4) is 0 Å². The average Bonchev–Trinajstić information content (AvgIpc) is 3.16. The van der Waals surface area contributed by atoms with Crippen LogP contribution in [0.5, 0.6) is 0 Å². The van der Waals surface area contributed by atoms with E-state index in [4.69, 9.17) is 4.74 Å². The van der Waals surface area contributed by atoms with Gasteiger partial charge in [0.15, 0.2) is 0 Å². The number of ether oxygens (including phenoxy) is 1. The van der Waals surface area contributed by atoms with Gasteiger partial charge in [0, 0.05) is 0 Å². The second kappa shape index (κ2) is 6.79. The quantitative estimate of drug-likeness (QED) is 0.859. The fraction of sp³-hybridized carbons (Fsp3) is 0.600. The van der Waals surface area contributed by atoms with Crippen molar-refractivity contribution >= 4 is 11.9 Å². The summed E-state index contributed by atoms with van der Waals surface area (Å²) in [4.78, 5) is 23.9. The normalized spacial score (nSPS) is 26.4. The predicted octanol–water partition coefficient (Wildman–Crippen LogP) is 3.18. The molecule has 0 radical (unpaired) electrons. The number of carboxylic acids is 1. The van der Waals surface area contributed by atoms with Gasteiger partial charge in [0.05, 0.1) is 30.6 Å². The van der Waals surface area contributed by atoms with Gasteiger partial charge in [-0.3, -0.25) is 9.59 Å². The topological polar surface area (TPSA) is 75.6 Å². The van der Waals surface area contributed by atoms with Crippen molar-refractivity contribution in [1.82, 2.24) is 5.32 Å². The van der Waals surface area contributed by atoms with E-state index in [-0.39, 0.29) is 35.9 Å². The third kappa shape index (κ3) is 4.03. The van der Waals surface area contributed by atoms with E-state index < -0.39 is 12.0 Å². The van der Waals surface area contributed by atoms with E-state index in [2.05, 4.69) is 26.1 Å². The Morgan fingerprint density at radius 2 is 1.92 bits per heavy atom. The van der Waals surface area contributed by atoms with Crippen LogP contribution in [0, 0.1) is 5.92 Å². The first kappa shape index (κ1) is 17.9. The molecule has 0 aliphatic carbocycles. The molecule has 2 heterocycles. The van der Waals surface area contributed by atoms with Gasteiger partial charge in [-0.15, -0.1) is 0 Å². The maximum atomic E-state index is 12.6. The monoisotopic (exact) mass is 345 g/mol. The second-order valence-corrected chi connectivity index (χ2v) is 8.25. The summed E-state index contributed by atoms with van der Waals surface area (Å²) in [6.45, 7) is 6.40. The van der Waals surface area contributed by atoms with Crippen molar-refractivity contribution in [2.45, 2.75) is 70.1 Å². The van der Waals surface area contributed by atoms with E-state index in [9.17, 15) is 14.7 Å². The van der Waals surface area contributed by atoms with Crippen molar-refractivity contribution in [3.05, 3.63) is 35.4 Å². The molecule has 2 N–H and O–H groups in total. The molecule has 4 atom stereocenters. The molecule has 1 aromatic carbocycles. The molecule has 4 unspecified atom stereocenters. The minimum absolute atomic E-state index is 0.00116. The van der Waals surface area contributed by atoms with E-state index >= 15 is 0 Å². The van der Waals surface area contributed by atoms with Crippen molar-refractivity contribution in [3.63, 3.8) is 0 Å². The van der Waals surface area contributed by atoms with Crippen LogP contribution in [0.25, 0.3) is 0 Å². The van der Waals surface area contributed by atoms with Crippen molar-refractivity contribution < 1.29 is 19.4 Å². The van der Waals surface area contributed by atoms with Crippen LogP contribution in [-0.4, -0.2) is 29.2 Å². The zero-order chi connectivity index (χ0) is 18.2. The molecule has 0 aromatic heterocycles. The lowest BCUT2D eigenvalue weighted by atomic mass is 9.85. The Balaban J connectivity index is 1.73. The van der Waals surface area contributed by atoms with E-state index in [1.807, 2.05) is 24.3 Å². The first-order valence-corrected chi connectivity index (χ1v) is 9.02. The Morgan fingerprint density at radius 1 is 1.24 bits per heavy atom. The fourth-order valence-electron chi connectivity index (χ4n) is 3.83. The van der Waals surface area contributed by atoms with Crippen LogP contribution < -0.4 is 5.32 Å². The number of hydrogen-bond acceptors (Lipinski definition) is 3. The van der Waals surface area contributed by atoms with Gasteiger partial charge in [-0.05, 0) is 35.8 Å². The summed E-state index contributed by atoms with van der Waals surface area (Å²) in [5.41, 5.74) is 2.04. The van der Waals surface area contributed by atoms with Crippen molar-refractivity contribution in [2.75, 3.05) is 0 Å². The summed E-state index contributed by atoms with van der Waals surface area (Å²) < 4.78 is 5.75. The summed E-state index contributed by atoms with van der Waals surface area (Å²) in [7, 11) is 0. The summed E-state index contributed by atoms with van der Waals surface area (Å²) >= 11 is 0. The molecule has 136 valence electrons. The number of amides is 1. The number of carbonyl (C=O) groups is 2. The van der Waals surface area contributed by atoms with Gasteiger partial charge >= 0.3 is 5.97 Å². The van der Waals surface area contributed by atoms with E-state index in [0.29, 0.717) is 0 Å². The highest BCUT2D eigenvalue weighted by atomic mass is 16.5. The summed E-state index contributed by atoms with van der Waals surface area (Å²) in [5.74, 6) is -1.16. The SMILES string of the molecule is CC(C)(C)c1ccc(C(CC(=O)O)NC(=O)C2CC3CCC2O3)cc1. The summed E-state index contributed by atoms with van der Waals surface area (Å²) in [5, 5.41) is 12.2. The molecule has 2 fully saturated rings. The molecule has 2 aliphatic heterocycles. The molecule has 25 heavy (non-hydrogen) atoms. The fourth-order valence-corrected chi connectivity index (χ4v) is 3.83. The molecular weight excluding hydrogens is 318 g/mol. The van der Waals surface area contributed by atoms with Gasteiger partial charge < -0.3 is 15.2 Å². The molecule has 0 spiro atoms. The highest BCUT2D eigenvalue weighted by Crippen LogP contribution is 2.39. The smallest absolute Gasteiger partial charge is 0.305 e. The summed E-state index contributed by atoms with van der Waals surface area (Å²) in [6.07, 6.45) is 2.78. The van der Waals surface area contributed by atoms with Crippen molar-refractivity contribution in [3.8, 4) is 0 Å². The molecule has 0 saturated carbocycles. The lowest BCUT2D eigenvalue weighted by molar-refractivity contribution is -0.138. The molecule has 3 rings (SSSR count). The van der Waals surface area contributed by atoms with Crippen LogP contribution in [-0.2, 0) is 19.7 Å². The number of hydrogen-bond donors (Lipinski definition) is 2. The molecule has 2 aliphatic rings. The zero-order valence-corrected chi connectivity index (χ0v) is 15.1. The maximum Gasteiger partial charge on any atom is 0.305 e. The molecule has 2 saturated heterocycles. The number of nitrogens with one attached hydrogen (secondary N) is 1. The second-order valence-electron chi connectivity index (χ2n) is 8.25. The van der Waals surface area contributed by atoms with Crippen LogP contribution in [0.4, 0.5) is 0 Å². The number of benzene rings is 1. The standard InChI is InChI=1S/C20H27NO4/c1-20(2,3)13-6-4-12(5-7-13)16(11-18(22)23)21-19(24)15-10-14-8-9-17(15)25-14/h4-7,14-17H,8-11H2,1-3H3,(H,21,24)(H,22,23). The van der Waals surface area contributed by atoms with Gasteiger partial charge in [0.1, 0.15) is 0 Å². The Bertz CT molecular complexity index is 647. The summed E-state index contributed by atoms with van der Waals surface area (Å²) in [6, 6.07) is 7.35. The third-order valence-electron chi connectivity index (χ3n) is 5.32. The van der Waals surface area contributed by atoms with Gasteiger partial charge in [-0.2, -0.15) is 0 Å². The Morgan fingerprint density at radius 3 is 2.40 bits per heavy atom. The predicted molar refractivity (Wildman–Crippen MR) is 94.3 cm³/mol. The van der Waals surface area contributed by atoms with Gasteiger partial charge in [-0.25, -0.2) is 0 Å². The van der Waals surface area contributed by atoms with Gasteiger partial charge in [-0.1, -0.05) is 45.0 Å². The average molecular weight is 345 g/mol. The number of fused-ring (bicyclic) bond motifs is 2. The van der Waals surface area contributed by atoms with Crippen LogP contribution in [0.15, 0.2) is 24.3 Å². The van der Waals surface area contributed by atoms with Gasteiger partial charge in [0.25, 0.3) is 0 Å². The highest BCUT2D eigenvalue weighted by Gasteiger charge is 2.44. The number of carbonyl (C=O) groups excluding carboxylic acids is 1. The van der Waals surface area contributed by atoms with E-state index in [0.717, 1.165) is 24.8 Å². The minimum Gasteiger partial charge on any atom is -0.481 e. The first-order chi connectivity index (χ1) is 11.7. The molecule has 5 nitrogen and oxygen atoms in total. The number of carboxylic acid groups (broad SMARTS) is 1. The van der Waals surface area contributed by atoms with Gasteiger partial charge in [0.2, 0.25) is 5.91 Å². The molecule has 1 aromatic rings. The van der Waals surface area contributed by atoms with E-state index in [1.54, 1.807) is 0 Å². The Kier molecular flexibility index (Phi) is 4.87. The first-order valence-electron chi connectivity index (χ1n) is 9.02. The minimum atomic E-state index is -0.922. The molecule has 1 amide bonds. The van der Waals surface area contributed by atoms with Crippen LogP contribution >= 0.6 is 0 Å². The van der Waals surface area contributed by atoms with Crippen LogP contribution in [0.2, 0.25) is 0 Å². The third-order valence-corrected chi connectivity index (χ3v) is 5.32. The largest absolute Gasteiger partial charge is 0.481 e. The molecular formula is C20H27NO4. The lowest BCUT2D eigenvalue weighted by Crippen LogP contribution is -2.38. The Hall–Kier alpha value is -1.88. The zero-order valence-electron chi connectivity index (χ0n) is 15.1. The molecule has 2 bridgehead atoms. The lowest BCUT2D eigenvalue weighted by Gasteiger charge is -2.24. The number of aliphatic carboxylic acids is 1. The van der Waals surface area contributed by atoms with Crippen molar-refractivity contribution in [2.24, 2.45) is 5.92 Å². The van der Waals surface area contributed by atoms with Crippen LogP contribution in [0.1, 0.15) is 63.6 Å². The van der Waals surface area contributed by atoms with E-state index in [1.165, 1.54) is 5.56 Å². The van der Waals surface area contributed by atoms with Crippen molar-refractivity contribution in [1.29, 1.82) is 0 Å². The molecule has 5 heteroatoms. The maximum absolute atomic E-state index is 12.6. The highest BCUT2D eigenvalue weighted by molar-refractivity contribution is 5.81. The Labute approximate surface area is 148 Å².